The summed E-state index contributed by atoms with van der Waals surface area (Å²) >= 11 is -2.42. The fraction of sp³-hybridized carbons (Fsp3) is 0.176. The van der Waals surface area contributed by atoms with Gasteiger partial charge in [0.25, 0.3) is 0 Å². The third-order valence-corrected chi connectivity index (χ3v) is 28.6. The SMILES string of the molecule is CCC1=Cc2ccccc2[CH]1[Zr+2]([CH]1C(CC)=Cc2ccccc21)=[Si](c1ccccc1)c1ccccc1.[Cl-].[Cl-]. The topological polar surface area (TPSA) is 0 Å². The largest absolute Gasteiger partial charge is 1.00 e. The minimum atomic E-state index is -2.42. The molecule has 0 aliphatic heterocycles. The van der Waals surface area contributed by atoms with Gasteiger partial charge in [-0.25, -0.2) is 0 Å². The van der Waals surface area contributed by atoms with Crippen molar-refractivity contribution in [2.75, 3.05) is 0 Å². The second-order valence-corrected chi connectivity index (χ2v) is 23.9. The second kappa shape index (κ2) is 12.9. The molecule has 0 aromatic heterocycles. The van der Waals surface area contributed by atoms with E-state index in [9.17, 15) is 0 Å². The van der Waals surface area contributed by atoms with Gasteiger partial charge in [-0.3, -0.25) is 0 Å². The van der Waals surface area contributed by atoms with E-state index in [4.69, 9.17) is 0 Å². The van der Waals surface area contributed by atoms with Gasteiger partial charge in [0.1, 0.15) is 0 Å². The van der Waals surface area contributed by atoms with Crippen LogP contribution >= 0.6 is 0 Å². The molecular weight excluding hydrogens is 599 g/mol. The van der Waals surface area contributed by atoms with Gasteiger partial charge in [0, 0.05) is 0 Å². The molecule has 6 rings (SSSR count). The zero-order chi connectivity index (χ0) is 24.5. The van der Waals surface area contributed by atoms with E-state index < -0.39 is 25.8 Å². The maximum atomic E-state index is 2.55. The molecule has 38 heavy (non-hydrogen) atoms. The van der Waals surface area contributed by atoms with E-state index in [1.807, 2.05) is 0 Å². The molecule has 0 bridgehead atoms. The number of halogens is 2. The molecule has 0 saturated heterocycles. The first-order valence-electron chi connectivity index (χ1n) is 13.2. The predicted octanol–water partition coefficient (Wildman–Crippen LogP) is 1.52. The van der Waals surface area contributed by atoms with Crippen LogP contribution < -0.4 is 35.2 Å². The zero-order valence-corrected chi connectivity index (χ0v) is 26.8. The average Bonchev–Trinajstić information content (AvgIpc) is 3.51. The van der Waals surface area contributed by atoms with Gasteiger partial charge in [-0.15, -0.1) is 0 Å². The van der Waals surface area contributed by atoms with Crippen LogP contribution in [-0.2, 0) is 20.4 Å². The van der Waals surface area contributed by atoms with Gasteiger partial charge >= 0.3 is 225 Å². The molecule has 0 nitrogen and oxygen atoms in total. The van der Waals surface area contributed by atoms with E-state index in [-0.39, 0.29) is 24.8 Å². The van der Waals surface area contributed by atoms with Crippen molar-refractivity contribution in [3.8, 4) is 0 Å². The Morgan fingerprint density at radius 3 is 1.29 bits per heavy atom. The molecule has 0 amide bonds. The fourth-order valence-electron chi connectivity index (χ4n) is 6.29. The molecular formula is C34H32Cl2SiZr. The van der Waals surface area contributed by atoms with Crippen LogP contribution in [-0.4, -0.2) is 5.43 Å². The van der Waals surface area contributed by atoms with Crippen LogP contribution in [0.25, 0.3) is 12.2 Å². The van der Waals surface area contributed by atoms with Crippen LogP contribution in [0.4, 0.5) is 0 Å². The van der Waals surface area contributed by atoms with Crippen LogP contribution in [0.5, 0.6) is 0 Å². The smallest absolute Gasteiger partial charge is 1.00 e. The number of fused-ring (bicyclic) bond motifs is 2. The summed E-state index contributed by atoms with van der Waals surface area (Å²) in [5.41, 5.74) is 8.55. The van der Waals surface area contributed by atoms with Gasteiger partial charge in [0.15, 0.2) is 0 Å². The van der Waals surface area contributed by atoms with Crippen molar-refractivity contribution in [3.05, 3.63) is 143 Å². The summed E-state index contributed by atoms with van der Waals surface area (Å²) in [6.45, 7) is 4.75. The first-order chi connectivity index (χ1) is 17.8. The Kier molecular flexibility index (Phi) is 9.88. The molecule has 0 radical (unpaired) electrons. The quantitative estimate of drug-likeness (QED) is 0.284. The van der Waals surface area contributed by atoms with Gasteiger partial charge in [-0.1, -0.05) is 0 Å². The molecule has 0 spiro atoms. The molecule has 2 atom stereocenters. The van der Waals surface area contributed by atoms with Crippen LogP contribution in [0.15, 0.2) is 120 Å². The van der Waals surface area contributed by atoms with E-state index in [0.29, 0.717) is 7.25 Å². The maximum Gasteiger partial charge on any atom is -1.00 e. The van der Waals surface area contributed by atoms with E-state index in [1.54, 1.807) is 32.6 Å². The van der Waals surface area contributed by atoms with Crippen LogP contribution in [0.1, 0.15) is 56.2 Å². The summed E-state index contributed by atoms with van der Waals surface area (Å²) in [4.78, 5) is 0. The molecule has 190 valence electrons. The first-order valence-corrected chi connectivity index (χ1v) is 21.3. The summed E-state index contributed by atoms with van der Waals surface area (Å²) < 4.78 is 1.24. The predicted molar refractivity (Wildman–Crippen MR) is 153 cm³/mol. The molecule has 2 aliphatic carbocycles. The third kappa shape index (κ3) is 5.26. The summed E-state index contributed by atoms with van der Waals surface area (Å²) in [5.74, 6) is 0. The molecule has 4 heteroatoms. The van der Waals surface area contributed by atoms with Crippen molar-refractivity contribution < 1.29 is 45.2 Å². The zero-order valence-electron chi connectivity index (χ0n) is 21.9. The third-order valence-electron chi connectivity index (χ3n) is 7.89. The first kappa shape index (κ1) is 29.0. The Hall–Kier alpha value is -1.96. The maximum absolute atomic E-state index is 2.55. The molecule has 2 aliphatic rings. The second-order valence-electron chi connectivity index (χ2n) is 9.83. The minimum Gasteiger partial charge on any atom is -1.00 e. The van der Waals surface area contributed by atoms with E-state index in [1.165, 1.54) is 11.1 Å². The molecule has 2 unspecified atom stereocenters. The Morgan fingerprint density at radius 1 is 0.526 bits per heavy atom. The van der Waals surface area contributed by atoms with Crippen LogP contribution in [0.2, 0.25) is 0 Å². The minimum absolute atomic E-state index is 0. The Morgan fingerprint density at radius 2 is 0.895 bits per heavy atom. The number of hydrogen-bond donors (Lipinski definition) is 0. The molecule has 4 aromatic carbocycles. The molecule has 0 fully saturated rings. The van der Waals surface area contributed by atoms with Crippen molar-refractivity contribution in [2.24, 2.45) is 0 Å². The number of hydrogen-bond acceptors (Lipinski definition) is 0. The Bertz CT molecular complexity index is 1390. The van der Waals surface area contributed by atoms with E-state index in [2.05, 4.69) is 135 Å². The van der Waals surface area contributed by atoms with Crippen molar-refractivity contribution in [1.29, 1.82) is 0 Å². The van der Waals surface area contributed by atoms with E-state index in [0.717, 1.165) is 12.8 Å². The standard InChI is InChI=1S/C12H10Si.2C11H11.2ClH.Zr/c1-3-7-11(8-4-1)13-12-9-5-2-6-10-12;2*1-2-9-7-10-5-3-4-6-11(10)8-9;;;/h1-10H;2*3-8H,2H2,1H3;2*1H;/q;;;;;+2/p-2. The number of allylic oxidation sites excluding steroid dienone is 2. The van der Waals surface area contributed by atoms with Gasteiger partial charge < -0.3 is 24.8 Å². The molecule has 0 heterocycles. The van der Waals surface area contributed by atoms with Crippen LogP contribution in [0.3, 0.4) is 0 Å². The van der Waals surface area contributed by atoms with Crippen LogP contribution in [0, 0.1) is 0 Å². The van der Waals surface area contributed by atoms with Gasteiger partial charge in [0.2, 0.25) is 0 Å². The Balaban J connectivity index is 0.00000168. The number of benzene rings is 4. The molecule has 4 aromatic rings. The summed E-state index contributed by atoms with van der Waals surface area (Å²) in [6, 6.07) is 41.8. The summed E-state index contributed by atoms with van der Waals surface area (Å²) in [7, 11) is 0. The van der Waals surface area contributed by atoms with Crippen molar-refractivity contribution >= 4 is 28.0 Å². The summed E-state index contributed by atoms with van der Waals surface area (Å²) in [5, 5.41) is 3.20. The average molecular weight is 631 g/mol. The van der Waals surface area contributed by atoms with Gasteiger partial charge in [0.05, 0.1) is 0 Å². The normalized spacial score (nSPS) is 16.6. The Labute approximate surface area is 247 Å². The van der Waals surface area contributed by atoms with Crippen molar-refractivity contribution in [3.63, 3.8) is 0 Å². The van der Waals surface area contributed by atoms with Crippen molar-refractivity contribution in [2.45, 2.75) is 33.9 Å². The fourth-order valence-corrected chi connectivity index (χ4v) is 31.7. The number of rotatable bonds is 6. The molecule has 0 saturated carbocycles. The van der Waals surface area contributed by atoms with Gasteiger partial charge in [-0.05, 0) is 0 Å². The van der Waals surface area contributed by atoms with E-state index >= 15 is 0 Å². The van der Waals surface area contributed by atoms with Gasteiger partial charge in [-0.2, -0.15) is 0 Å². The van der Waals surface area contributed by atoms with Crippen molar-refractivity contribution in [1.82, 2.24) is 0 Å². The summed E-state index contributed by atoms with van der Waals surface area (Å²) in [6.07, 6.45) is 7.38. The molecule has 0 N–H and O–H groups in total. The monoisotopic (exact) mass is 628 g/mol.